The molecule has 0 spiro atoms. The van der Waals surface area contributed by atoms with Gasteiger partial charge in [0.2, 0.25) is 0 Å². The van der Waals surface area contributed by atoms with Gasteiger partial charge >= 0.3 is 0 Å². The summed E-state index contributed by atoms with van der Waals surface area (Å²) in [4.78, 5) is 10.1. The molecular weight excluding hydrogens is 555 g/mol. The van der Waals surface area contributed by atoms with Crippen LogP contribution >= 0.6 is 0 Å². The summed E-state index contributed by atoms with van der Waals surface area (Å²) in [5.41, 5.74) is 9.30. The van der Waals surface area contributed by atoms with E-state index in [-0.39, 0.29) is 11.2 Å². The summed E-state index contributed by atoms with van der Waals surface area (Å²) >= 11 is 0. The SMILES string of the molecule is CC1(C)c2ccc(-c3cccc([Si](C)(C)c4cc(-n5c6ccccc6c6ccccc65)ccn4)c3)nc2-c2c(O)cccc21. The minimum absolute atomic E-state index is 0.210. The van der Waals surface area contributed by atoms with E-state index >= 15 is 0 Å². The second kappa shape index (κ2) is 9.50. The summed E-state index contributed by atoms with van der Waals surface area (Å²) in [7, 11) is -2.20. The second-order valence-corrected chi connectivity index (χ2v) is 17.2. The smallest absolute Gasteiger partial charge is 0.135 e. The minimum Gasteiger partial charge on any atom is -0.507 e. The Labute approximate surface area is 258 Å². The number of phenols is 1. The van der Waals surface area contributed by atoms with Gasteiger partial charge in [0.15, 0.2) is 0 Å². The number of phenolic OH excluding ortho intramolecular Hbond substituents is 1. The van der Waals surface area contributed by atoms with Gasteiger partial charge in [-0.1, -0.05) is 111 Å². The van der Waals surface area contributed by atoms with E-state index in [0.29, 0.717) is 0 Å². The zero-order valence-corrected chi connectivity index (χ0v) is 26.3. The summed E-state index contributed by atoms with van der Waals surface area (Å²) in [6, 6.07) is 40.5. The first-order valence-electron chi connectivity index (χ1n) is 15.2. The van der Waals surface area contributed by atoms with E-state index in [9.17, 15) is 5.11 Å². The third-order valence-electron chi connectivity index (χ3n) is 9.62. The van der Waals surface area contributed by atoms with Gasteiger partial charge < -0.3 is 9.67 Å². The molecule has 5 heteroatoms. The summed E-state index contributed by atoms with van der Waals surface area (Å²) in [5, 5.41) is 15.8. The normalized spacial score (nSPS) is 13.7. The third kappa shape index (κ3) is 3.82. The molecule has 214 valence electrons. The number of para-hydroxylation sites is 2. The van der Waals surface area contributed by atoms with Gasteiger partial charge in [-0.2, -0.15) is 0 Å². The fourth-order valence-corrected chi connectivity index (χ4v) is 9.32. The summed E-state index contributed by atoms with van der Waals surface area (Å²) < 4.78 is 2.36. The topological polar surface area (TPSA) is 50.9 Å². The maximum absolute atomic E-state index is 10.8. The average molecular weight is 588 g/mol. The largest absolute Gasteiger partial charge is 0.507 e. The van der Waals surface area contributed by atoms with Crippen molar-refractivity contribution in [2.24, 2.45) is 0 Å². The van der Waals surface area contributed by atoms with Crippen molar-refractivity contribution in [1.82, 2.24) is 14.5 Å². The van der Waals surface area contributed by atoms with Gasteiger partial charge in [-0.15, -0.1) is 0 Å². The highest BCUT2D eigenvalue weighted by Crippen LogP contribution is 2.51. The molecule has 1 aliphatic carbocycles. The van der Waals surface area contributed by atoms with Crippen LogP contribution in [0.4, 0.5) is 0 Å². The lowest BCUT2D eigenvalue weighted by Gasteiger charge is -2.24. The number of nitrogens with zero attached hydrogens (tertiary/aromatic N) is 3. The maximum atomic E-state index is 10.8. The van der Waals surface area contributed by atoms with Gasteiger partial charge in [-0.3, -0.25) is 4.98 Å². The molecule has 0 saturated carbocycles. The molecule has 44 heavy (non-hydrogen) atoms. The number of benzene rings is 4. The molecule has 1 N–H and O–H groups in total. The van der Waals surface area contributed by atoms with Gasteiger partial charge in [-0.25, -0.2) is 4.98 Å². The Morgan fingerprint density at radius 2 is 1.41 bits per heavy atom. The van der Waals surface area contributed by atoms with Gasteiger partial charge in [0.1, 0.15) is 13.8 Å². The van der Waals surface area contributed by atoms with Crippen molar-refractivity contribution in [2.45, 2.75) is 32.4 Å². The summed E-state index contributed by atoms with van der Waals surface area (Å²) in [6.07, 6.45) is 1.96. The van der Waals surface area contributed by atoms with Crippen LogP contribution in [0.3, 0.4) is 0 Å². The number of fused-ring (bicyclic) bond motifs is 6. The fraction of sp³-hybridized carbons (Fsp3) is 0.128. The molecule has 1 aliphatic rings. The van der Waals surface area contributed by atoms with Crippen molar-refractivity contribution in [3.05, 3.63) is 133 Å². The van der Waals surface area contributed by atoms with Crippen LogP contribution in [0.1, 0.15) is 25.0 Å². The fourth-order valence-electron chi connectivity index (χ4n) is 7.09. The molecular formula is C39H33N3OSi. The Kier molecular flexibility index (Phi) is 5.74. The quantitative estimate of drug-likeness (QED) is 0.212. The van der Waals surface area contributed by atoms with Crippen molar-refractivity contribution >= 4 is 40.4 Å². The minimum atomic E-state index is -2.20. The number of hydrogen-bond acceptors (Lipinski definition) is 3. The molecule has 4 nitrogen and oxygen atoms in total. The van der Waals surface area contributed by atoms with E-state index in [1.54, 1.807) is 6.07 Å². The molecule has 3 aromatic heterocycles. The van der Waals surface area contributed by atoms with Crippen LogP contribution in [0, 0.1) is 0 Å². The number of pyridine rings is 2. The van der Waals surface area contributed by atoms with Gasteiger partial charge in [-0.05, 0) is 47.5 Å². The molecule has 3 heterocycles. The van der Waals surface area contributed by atoms with E-state index in [4.69, 9.17) is 9.97 Å². The van der Waals surface area contributed by atoms with Crippen LogP contribution in [-0.2, 0) is 5.41 Å². The molecule has 0 atom stereocenters. The Bertz CT molecular complexity index is 2210. The highest BCUT2D eigenvalue weighted by Gasteiger charge is 2.38. The molecule has 7 aromatic rings. The van der Waals surface area contributed by atoms with Crippen LogP contribution in [0.25, 0.3) is 50.0 Å². The van der Waals surface area contributed by atoms with Gasteiger partial charge in [0, 0.05) is 44.5 Å². The van der Waals surface area contributed by atoms with Gasteiger partial charge in [0.05, 0.1) is 22.4 Å². The third-order valence-corrected chi connectivity index (χ3v) is 12.9. The Balaban J connectivity index is 1.21. The van der Waals surface area contributed by atoms with Crippen LogP contribution in [0.2, 0.25) is 13.1 Å². The van der Waals surface area contributed by atoms with Gasteiger partial charge in [0.25, 0.3) is 0 Å². The second-order valence-electron chi connectivity index (χ2n) is 12.9. The lowest BCUT2D eigenvalue weighted by Crippen LogP contribution is -2.54. The Morgan fingerprint density at radius 1 is 0.705 bits per heavy atom. The van der Waals surface area contributed by atoms with E-state index in [2.05, 4.69) is 135 Å². The zero-order chi connectivity index (χ0) is 30.2. The lowest BCUT2D eigenvalue weighted by atomic mass is 9.83. The first kappa shape index (κ1) is 26.6. The highest BCUT2D eigenvalue weighted by molar-refractivity contribution is 7.00. The maximum Gasteiger partial charge on any atom is 0.135 e. The predicted molar refractivity (Wildman–Crippen MR) is 184 cm³/mol. The molecule has 0 amide bonds. The molecule has 0 radical (unpaired) electrons. The molecule has 0 saturated heterocycles. The number of rotatable bonds is 4. The number of hydrogen-bond donors (Lipinski definition) is 1. The van der Waals surface area contributed by atoms with Crippen LogP contribution in [0.5, 0.6) is 5.75 Å². The Hall–Kier alpha value is -5.00. The Morgan fingerprint density at radius 3 is 2.16 bits per heavy atom. The van der Waals surface area contributed by atoms with Crippen LogP contribution < -0.4 is 10.5 Å². The predicted octanol–water partition coefficient (Wildman–Crippen LogP) is 8.08. The highest BCUT2D eigenvalue weighted by atomic mass is 28.3. The van der Waals surface area contributed by atoms with Crippen molar-refractivity contribution in [3.8, 4) is 34.0 Å². The first-order chi connectivity index (χ1) is 21.2. The molecule has 8 rings (SSSR count). The molecule has 0 aliphatic heterocycles. The molecule has 0 unspecified atom stereocenters. The van der Waals surface area contributed by atoms with Crippen molar-refractivity contribution in [1.29, 1.82) is 0 Å². The van der Waals surface area contributed by atoms with Crippen molar-refractivity contribution < 1.29 is 5.11 Å². The lowest BCUT2D eigenvalue weighted by molar-refractivity contribution is 0.476. The van der Waals surface area contributed by atoms with E-state index in [0.717, 1.165) is 44.6 Å². The number of aromatic hydroxyl groups is 1. The summed E-state index contributed by atoms with van der Waals surface area (Å²) in [6.45, 7) is 9.15. The molecule has 4 aromatic carbocycles. The molecule has 0 fully saturated rings. The van der Waals surface area contributed by atoms with Crippen molar-refractivity contribution in [2.75, 3.05) is 0 Å². The van der Waals surface area contributed by atoms with Crippen LogP contribution in [-0.4, -0.2) is 27.7 Å². The van der Waals surface area contributed by atoms with Crippen LogP contribution in [0.15, 0.2) is 121 Å². The summed E-state index contributed by atoms with van der Waals surface area (Å²) in [5.74, 6) is 0.287. The van der Waals surface area contributed by atoms with E-state index < -0.39 is 8.07 Å². The van der Waals surface area contributed by atoms with E-state index in [1.807, 2.05) is 12.3 Å². The van der Waals surface area contributed by atoms with E-state index in [1.165, 1.54) is 27.0 Å². The monoisotopic (exact) mass is 587 g/mol. The molecule has 0 bridgehead atoms. The zero-order valence-electron chi connectivity index (χ0n) is 25.3. The van der Waals surface area contributed by atoms with Crippen molar-refractivity contribution in [3.63, 3.8) is 0 Å². The average Bonchev–Trinajstić information content (AvgIpc) is 3.50. The number of aromatic nitrogens is 3. The standard InChI is InChI=1S/C39H33N3OSi/c1-39(2)30-15-10-18-35(43)37(30)38-31(39)19-20-32(41-38)25-11-9-12-27(23-25)44(3,4)36-24-26(21-22-40-36)42-33-16-7-5-13-28(33)29-14-6-8-17-34(29)42/h5-24,43H,1-4H3. The first-order valence-corrected chi connectivity index (χ1v) is 18.2.